The molecule has 0 saturated heterocycles. The summed E-state index contributed by atoms with van der Waals surface area (Å²) in [6.07, 6.45) is 0.488. The Hall–Kier alpha value is -4.01. The smallest absolute Gasteiger partial charge is 0.358 e. The van der Waals surface area contributed by atoms with Crippen LogP contribution in [-0.4, -0.2) is 38.5 Å². The number of alkyl halides is 3. The number of ketones is 1. The zero-order valence-electron chi connectivity index (χ0n) is 22.3. The highest BCUT2D eigenvalue weighted by Crippen LogP contribution is 2.32. The first-order valence-corrected chi connectivity index (χ1v) is 12.9. The van der Waals surface area contributed by atoms with E-state index in [1.165, 1.54) is 17.1 Å². The van der Waals surface area contributed by atoms with Crippen molar-refractivity contribution in [2.75, 3.05) is 13.1 Å². The van der Waals surface area contributed by atoms with E-state index in [0.29, 0.717) is 24.3 Å². The third-order valence-corrected chi connectivity index (χ3v) is 6.68. The van der Waals surface area contributed by atoms with Gasteiger partial charge in [-0.3, -0.25) is 9.80 Å². The third-order valence-electron chi connectivity index (χ3n) is 6.31. The van der Waals surface area contributed by atoms with Crippen LogP contribution in [0.4, 0.5) is 13.2 Å². The maximum Gasteiger partial charge on any atom is 0.416 e. The van der Waals surface area contributed by atoms with Crippen LogP contribution >= 0.6 is 12.2 Å². The molecule has 11 heteroatoms. The molecule has 40 heavy (non-hydrogen) atoms. The molecule has 210 valence electrons. The Morgan fingerprint density at radius 3 is 2.55 bits per heavy atom. The summed E-state index contributed by atoms with van der Waals surface area (Å²) < 4.78 is 42.4. The molecule has 7 nitrogen and oxygen atoms in total. The average Bonchev–Trinajstić information content (AvgIpc) is 3.35. The van der Waals surface area contributed by atoms with E-state index in [4.69, 9.17) is 17.5 Å². The molecule has 2 N–H and O–H groups in total. The molecule has 0 atom stereocenters. The molecular formula is C29H31F3N6OS. The lowest BCUT2D eigenvalue weighted by atomic mass is 9.85. The molecule has 2 aromatic carbocycles. The van der Waals surface area contributed by atoms with Crippen molar-refractivity contribution >= 4 is 23.1 Å². The van der Waals surface area contributed by atoms with Gasteiger partial charge in [-0.15, -0.1) is 6.58 Å². The number of halogens is 3. The summed E-state index contributed by atoms with van der Waals surface area (Å²) in [5.41, 5.74) is 3.61. The van der Waals surface area contributed by atoms with E-state index < -0.39 is 17.2 Å². The molecule has 0 radical (unpaired) electrons. The van der Waals surface area contributed by atoms with E-state index in [1.807, 2.05) is 16.7 Å². The van der Waals surface area contributed by atoms with E-state index in [2.05, 4.69) is 28.4 Å². The van der Waals surface area contributed by atoms with Gasteiger partial charge in [-0.1, -0.05) is 50.3 Å². The molecule has 0 fully saturated rings. The van der Waals surface area contributed by atoms with Crippen LogP contribution in [0.15, 0.2) is 73.7 Å². The highest BCUT2D eigenvalue weighted by Gasteiger charge is 2.34. The second kappa shape index (κ2) is 13.4. The second-order valence-electron chi connectivity index (χ2n) is 9.86. The molecule has 0 saturated carbocycles. The Morgan fingerprint density at radius 2 is 1.90 bits per heavy atom. The molecule has 3 aromatic rings. The van der Waals surface area contributed by atoms with Crippen LogP contribution < -0.4 is 10.7 Å². The minimum atomic E-state index is -4.50. The van der Waals surface area contributed by atoms with Gasteiger partial charge in [-0.2, -0.15) is 18.4 Å². The van der Waals surface area contributed by atoms with Gasteiger partial charge in [0.15, 0.2) is 5.11 Å². The Morgan fingerprint density at radius 1 is 1.20 bits per heavy atom. The largest absolute Gasteiger partial charge is 0.416 e. The maximum absolute atomic E-state index is 13.5. The highest BCUT2D eigenvalue weighted by atomic mass is 32.1. The van der Waals surface area contributed by atoms with Gasteiger partial charge in [-0.05, 0) is 41.5 Å². The Labute approximate surface area is 237 Å². The number of Topliss-reactive ketones (excluding diaryl/α,β-unsaturated/α-hetero) is 1. The van der Waals surface area contributed by atoms with Gasteiger partial charge in [0.2, 0.25) is 0 Å². The van der Waals surface area contributed by atoms with Gasteiger partial charge in [0, 0.05) is 49.9 Å². The fourth-order valence-electron chi connectivity index (χ4n) is 3.99. The number of imidazole rings is 1. The molecule has 0 aliphatic carbocycles. The number of hydrogen-bond donors (Lipinski definition) is 2. The number of thiocarbonyl (C=S) groups is 1. The fraction of sp³-hybridized carbons (Fsp3) is 0.310. The van der Waals surface area contributed by atoms with E-state index in [0.717, 1.165) is 11.6 Å². The number of benzene rings is 2. The molecule has 0 amide bonds. The number of carbonyl (C=O) groups excluding carboxylic acids is 1. The van der Waals surface area contributed by atoms with Crippen LogP contribution in [0.2, 0.25) is 0 Å². The molecule has 0 unspecified atom stereocenters. The van der Waals surface area contributed by atoms with Crippen molar-refractivity contribution in [1.82, 2.24) is 25.3 Å². The van der Waals surface area contributed by atoms with E-state index in [9.17, 15) is 18.0 Å². The van der Waals surface area contributed by atoms with Crippen molar-refractivity contribution < 1.29 is 18.0 Å². The van der Waals surface area contributed by atoms with Gasteiger partial charge in [0.1, 0.15) is 5.78 Å². The number of hydrogen-bond acceptors (Lipinski definition) is 5. The van der Waals surface area contributed by atoms with Gasteiger partial charge in [0.05, 0.1) is 23.5 Å². The molecule has 0 bridgehead atoms. The zero-order chi connectivity index (χ0) is 29.3. The Bertz CT molecular complexity index is 1380. The number of rotatable bonds is 12. The summed E-state index contributed by atoms with van der Waals surface area (Å²) in [6.45, 7) is 7.98. The zero-order valence-corrected chi connectivity index (χ0v) is 23.1. The molecule has 1 heterocycles. The lowest BCUT2D eigenvalue weighted by molar-refractivity contribution is -0.138. The van der Waals surface area contributed by atoms with Crippen LogP contribution in [0.5, 0.6) is 0 Å². The topological polar surface area (TPSA) is 86.0 Å². The highest BCUT2D eigenvalue weighted by molar-refractivity contribution is 7.80. The van der Waals surface area contributed by atoms with Crippen LogP contribution in [0.3, 0.4) is 0 Å². The number of hydrazine groups is 1. The predicted octanol–water partition coefficient (Wildman–Crippen LogP) is 5.03. The summed E-state index contributed by atoms with van der Waals surface area (Å²) in [5.74, 6) is -0.0944. The first kappa shape index (κ1) is 30.5. The monoisotopic (exact) mass is 568 g/mol. The van der Waals surface area contributed by atoms with Crippen molar-refractivity contribution in [2.24, 2.45) is 5.41 Å². The van der Waals surface area contributed by atoms with E-state index in [-0.39, 0.29) is 36.0 Å². The van der Waals surface area contributed by atoms with Gasteiger partial charge in [0.25, 0.3) is 0 Å². The Balaban J connectivity index is 1.73. The maximum atomic E-state index is 13.5. The van der Waals surface area contributed by atoms with Crippen molar-refractivity contribution in [3.05, 3.63) is 102 Å². The molecule has 0 aliphatic heterocycles. The van der Waals surface area contributed by atoms with Crippen LogP contribution in [-0.2, 0) is 30.5 Å². The van der Waals surface area contributed by atoms with Crippen LogP contribution in [0, 0.1) is 16.7 Å². The summed E-state index contributed by atoms with van der Waals surface area (Å²) >= 11 is 5.48. The number of nitrogens with zero attached hydrogens (tertiary/aromatic N) is 4. The Kier molecular flexibility index (Phi) is 10.2. The quantitative estimate of drug-likeness (QED) is 0.180. The first-order valence-electron chi connectivity index (χ1n) is 12.5. The van der Waals surface area contributed by atoms with E-state index >= 15 is 0 Å². The molecule has 3 rings (SSSR count). The summed E-state index contributed by atoms with van der Waals surface area (Å²) in [7, 11) is 0. The molecule has 0 spiro atoms. The van der Waals surface area contributed by atoms with Crippen LogP contribution in [0.25, 0.3) is 0 Å². The average molecular weight is 569 g/mol. The SMILES string of the molecule is C=CCNC(=S)N(CC(C)(C)C(=O)Cc1cncn1Cc1ccc(C#N)cc1)NCc1ccccc1C(F)(F)F. The molecule has 1 aromatic heterocycles. The standard InChI is InChI=1S/C29H31F3N6OS/c1-4-13-35-27(40)38(36-16-23-7-5-6-8-25(23)29(30,31)32)19-28(2,3)26(39)14-24-17-34-20-37(24)18-22-11-9-21(15-33)10-12-22/h4-12,17,20,36H,1,13-14,16,18-19H2,2-3H3,(H,35,40). The van der Waals surface area contributed by atoms with Crippen molar-refractivity contribution in [2.45, 2.75) is 39.5 Å². The summed E-state index contributed by atoms with van der Waals surface area (Å²) in [5, 5.41) is 13.7. The predicted molar refractivity (Wildman–Crippen MR) is 151 cm³/mol. The number of aromatic nitrogens is 2. The minimum absolute atomic E-state index is 0.0577. The van der Waals surface area contributed by atoms with Gasteiger partial charge < -0.3 is 9.88 Å². The number of carbonyl (C=O) groups is 1. The summed E-state index contributed by atoms with van der Waals surface area (Å²) in [4.78, 5) is 17.7. The van der Waals surface area contributed by atoms with E-state index in [1.54, 1.807) is 50.6 Å². The van der Waals surface area contributed by atoms with Gasteiger partial charge >= 0.3 is 6.18 Å². The normalized spacial score (nSPS) is 11.5. The van der Waals surface area contributed by atoms with Crippen molar-refractivity contribution in [1.29, 1.82) is 5.26 Å². The fourth-order valence-corrected chi connectivity index (χ4v) is 4.20. The minimum Gasteiger partial charge on any atom is -0.358 e. The second-order valence-corrected chi connectivity index (χ2v) is 10.2. The number of nitriles is 1. The van der Waals surface area contributed by atoms with Crippen molar-refractivity contribution in [3.8, 4) is 6.07 Å². The number of nitrogens with one attached hydrogen (secondary N) is 2. The molecular weight excluding hydrogens is 537 g/mol. The van der Waals surface area contributed by atoms with Crippen molar-refractivity contribution in [3.63, 3.8) is 0 Å². The van der Waals surface area contributed by atoms with Crippen LogP contribution in [0.1, 0.15) is 41.8 Å². The first-order chi connectivity index (χ1) is 18.9. The lowest BCUT2D eigenvalue weighted by Gasteiger charge is -2.34. The summed E-state index contributed by atoms with van der Waals surface area (Å²) in [6, 6.07) is 14.6. The third kappa shape index (κ3) is 8.24. The lowest BCUT2D eigenvalue weighted by Crippen LogP contribution is -2.53. The van der Waals surface area contributed by atoms with Gasteiger partial charge in [-0.25, -0.2) is 10.4 Å². The molecule has 0 aliphatic rings.